The Morgan fingerprint density at radius 2 is 1.90 bits per heavy atom. The Hall–Kier alpha value is -1.89. The van der Waals surface area contributed by atoms with E-state index >= 15 is 0 Å². The average Bonchev–Trinajstić information content (AvgIpc) is 2.98. The SMILES string of the molecule is CCCC(C)NC(=O)[C@@H]1[C@H]2C=C[C@@H](C)[C@@H](C(=O)OCC)[C@@H]2C(=O)N1[C@@H](CO)CC(C)C. The van der Waals surface area contributed by atoms with Gasteiger partial charge in [-0.2, -0.15) is 0 Å². The van der Waals surface area contributed by atoms with Crippen LogP contribution in [0.5, 0.6) is 0 Å². The van der Waals surface area contributed by atoms with Crippen LogP contribution in [0.1, 0.15) is 60.8 Å². The summed E-state index contributed by atoms with van der Waals surface area (Å²) in [5.74, 6) is -2.48. The standard InChI is InChI=1S/C24H40N2O5/c1-7-9-16(6)25-22(28)21-18-11-10-15(5)19(24(30)31-8-2)20(18)23(29)26(21)17(13-27)12-14(3)4/h10-11,14-21,27H,7-9,12-13H2,1-6H3,(H,25,28)/t15-,16?,17-,18+,19-,20-,21+/m1/s1. The molecule has 7 atom stereocenters. The molecule has 7 nitrogen and oxygen atoms in total. The van der Waals surface area contributed by atoms with Crippen molar-refractivity contribution in [2.45, 2.75) is 78.9 Å². The van der Waals surface area contributed by atoms with Crippen LogP contribution in [-0.2, 0) is 19.1 Å². The molecule has 0 spiro atoms. The molecule has 0 aromatic heterocycles. The van der Waals surface area contributed by atoms with Gasteiger partial charge in [0.25, 0.3) is 0 Å². The second-order valence-corrected chi connectivity index (χ2v) is 9.48. The van der Waals surface area contributed by atoms with Gasteiger partial charge in [0, 0.05) is 12.0 Å². The predicted octanol–water partition coefficient (Wildman–Crippen LogP) is 2.53. The van der Waals surface area contributed by atoms with E-state index < -0.39 is 35.8 Å². The van der Waals surface area contributed by atoms with Gasteiger partial charge in [-0.1, -0.05) is 46.3 Å². The fourth-order valence-corrected chi connectivity index (χ4v) is 5.19. The molecule has 176 valence electrons. The van der Waals surface area contributed by atoms with Crippen molar-refractivity contribution in [1.29, 1.82) is 0 Å². The second kappa shape index (κ2) is 11.1. The first-order chi connectivity index (χ1) is 14.7. The first kappa shape index (κ1) is 25.4. The van der Waals surface area contributed by atoms with Crippen LogP contribution in [0.2, 0.25) is 0 Å². The molecule has 1 heterocycles. The Balaban J connectivity index is 2.47. The number of carbonyl (C=O) groups is 3. The van der Waals surface area contributed by atoms with Crippen molar-refractivity contribution in [3.05, 3.63) is 12.2 Å². The molecule has 1 aliphatic heterocycles. The third kappa shape index (κ3) is 5.48. The molecule has 0 aromatic rings. The number of rotatable bonds is 10. The molecule has 7 heteroatoms. The van der Waals surface area contributed by atoms with Gasteiger partial charge in [-0.05, 0) is 38.5 Å². The predicted molar refractivity (Wildman–Crippen MR) is 119 cm³/mol. The van der Waals surface area contributed by atoms with Gasteiger partial charge in [-0.25, -0.2) is 0 Å². The number of nitrogens with one attached hydrogen (secondary N) is 1. The quantitative estimate of drug-likeness (QED) is 0.405. The molecule has 2 aliphatic rings. The summed E-state index contributed by atoms with van der Waals surface area (Å²) in [7, 11) is 0. The number of likely N-dealkylation sites (tertiary alicyclic amines) is 1. The maximum Gasteiger partial charge on any atom is 0.310 e. The lowest BCUT2D eigenvalue weighted by atomic mass is 9.70. The van der Waals surface area contributed by atoms with Crippen molar-refractivity contribution in [3.8, 4) is 0 Å². The monoisotopic (exact) mass is 436 g/mol. The summed E-state index contributed by atoms with van der Waals surface area (Å²) < 4.78 is 5.29. The van der Waals surface area contributed by atoms with Gasteiger partial charge in [-0.15, -0.1) is 0 Å². The highest BCUT2D eigenvalue weighted by molar-refractivity contribution is 5.96. The number of aliphatic hydroxyl groups is 1. The minimum Gasteiger partial charge on any atom is -0.466 e. The van der Waals surface area contributed by atoms with Gasteiger partial charge in [0.15, 0.2) is 0 Å². The lowest BCUT2D eigenvalue weighted by Gasteiger charge is -2.34. The molecular weight excluding hydrogens is 396 g/mol. The van der Waals surface area contributed by atoms with Gasteiger partial charge in [-0.3, -0.25) is 14.4 Å². The summed E-state index contributed by atoms with van der Waals surface area (Å²) in [6, 6.07) is -1.23. The molecule has 0 saturated carbocycles. The average molecular weight is 437 g/mol. The summed E-state index contributed by atoms with van der Waals surface area (Å²) in [5, 5.41) is 13.2. The number of hydrogen-bond acceptors (Lipinski definition) is 5. The minimum atomic E-state index is -0.742. The fourth-order valence-electron chi connectivity index (χ4n) is 5.19. The van der Waals surface area contributed by atoms with E-state index in [2.05, 4.69) is 12.2 Å². The van der Waals surface area contributed by atoms with E-state index in [1.54, 1.807) is 11.8 Å². The van der Waals surface area contributed by atoms with Gasteiger partial charge in [0.05, 0.1) is 31.1 Å². The van der Waals surface area contributed by atoms with E-state index in [0.717, 1.165) is 12.8 Å². The van der Waals surface area contributed by atoms with Crippen molar-refractivity contribution < 1.29 is 24.2 Å². The number of amides is 2. The molecule has 0 aromatic carbocycles. The van der Waals surface area contributed by atoms with Gasteiger partial charge in [0.1, 0.15) is 6.04 Å². The van der Waals surface area contributed by atoms with E-state index in [9.17, 15) is 19.5 Å². The van der Waals surface area contributed by atoms with Gasteiger partial charge < -0.3 is 20.1 Å². The first-order valence-corrected chi connectivity index (χ1v) is 11.8. The van der Waals surface area contributed by atoms with Crippen molar-refractivity contribution in [2.75, 3.05) is 13.2 Å². The van der Waals surface area contributed by atoms with E-state index in [-0.39, 0.29) is 42.9 Å². The van der Waals surface area contributed by atoms with Crippen molar-refractivity contribution in [2.24, 2.45) is 29.6 Å². The highest BCUT2D eigenvalue weighted by Crippen LogP contribution is 2.45. The number of nitrogens with zero attached hydrogens (tertiary/aromatic N) is 1. The fraction of sp³-hybridized carbons (Fsp3) is 0.792. The summed E-state index contributed by atoms with van der Waals surface area (Å²) in [5.41, 5.74) is 0. The minimum absolute atomic E-state index is 0.0153. The number of ether oxygens (including phenoxy) is 1. The molecule has 1 fully saturated rings. The third-order valence-corrected chi connectivity index (χ3v) is 6.49. The van der Waals surface area contributed by atoms with Crippen LogP contribution in [0, 0.1) is 29.6 Å². The lowest BCUT2D eigenvalue weighted by Crippen LogP contribution is -2.54. The van der Waals surface area contributed by atoms with Crippen LogP contribution in [0.15, 0.2) is 12.2 Å². The van der Waals surface area contributed by atoms with Crippen molar-refractivity contribution in [3.63, 3.8) is 0 Å². The van der Waals surface area contributed by atoms with Crippen LogP contribution < -0.4 is 5.32 Å². The maximum atomic E-state index is 13.7. The topological polar surface area (TPSA) is 95.9 Å². The first-order valence-electron chi connectivity index (χ1n) is 11.8. The summed E-state index contributed by atoms with van der Waals surface area (Å²) in [4.78, 5) is 41.5. The Morgan fingerprint density at radius 3 is 2.45 bits per heavy atom. The van der Waals surface area contributed by atoms with Gasteiger partial charge >= 0.3 is 5.97 Å². The van der Waals surface area contributed by atoms with Crippen LogP contribution in [-0.4, -0.2) is 59.1 Å². The molecule has 0 bridgehead atoms. The third-order valence-electron chi connectivity index (χ3n) is 6.49. The zero-order valence-corrected chi connectivity index (χ0v) is 19.8. The van der Waals surface area contributed by atoms with Crippen LogP contribution in [0.25, 0.3) is 0 Å². The number of aliphatic hydroxyl groups excluding tert-OH is 1. The largest absolute Gasteiger partial charge is 0.466 e. The van der Waals surface area contributed by atoms with Gasteiger partial charge in [0.2, 0.25) is 11.8 Å². The summed E-state index contributed by atoms with van der Waals surface area (Å²) in [6.07, 6.45) is 6.20. The Bertz CT molecular complexity index is 677. The number of fused-ring (bicyclic) bond motifs is 1. The molecule has 1 aliphatic carbocycles. The molecule has 1 saturated heterocycles. The molecule has 1 unspecified atom stereocenters. The number of hydrogen-bond donors (Lipinski definition) is 2. The van der Waals surface area contributed by atoms with Crippen molar-refractivity contribution in [1.82, 2.24) is 10.2 Å². The Kier molecular flexibility index (Phi) is 9.10. The molecule has 2 rings (SSSR count). The molecule has 31 heavy (non-hydrogen) atoms. The normalized spacial score (nSPS) is 29.6. The smallest absolute Gasteiger partial charge is 0.310 e. The Labute approximate surface area is 186 Å². The highest BCUT2D eigenvalue weighted by atomic mass is 16.5. The molecule has 0 radical (unpaired) electrons. The summed E-state index contributed by atoms with van der Waals surface area (Å²) >= 11 is 0. The van der Waals surface area contributed by atoms with Crippen LogP contribution >= 0.6 is 0 Å². The zero-order valence-electron chi connectivity index (χ0n) is 19.8. The van der Waals surface area contributed by atoms with Crippen molar-refractivity contribution >= 4 is 17.8 Å². The number of allylic oxidation sites excluding steroid dienone is 1. The van der Waals surface area contributed by atoms with Crippen LogP contribution in [0.3, 0.4) is 0 Å². The number of carbonyl (C=O) groups excluding carboxylic acids is 3. The van der Waals surface area contributed by atoms with E-state index in [4.69, 9.17) is 4.74 Å². The zero-order chi connectivity index (χ0) is 23.3. The molecule has 2 amide bonds. The summed E-state index contributed by atoms with van der Waals surface area (Å²) in [6.45, 7) is 11.7. The van der Waals surface area contributed by atoms with E-state index in [0.29, 0.717) is 6.42 Å². The Morgan fingerprint density at radius 1 is 1.23 bits per heavy atom. The van der Waals surface area contributed by atoms with E-state index in [1.165, 1.54) is 0 Å². The number of esters is 1. The second-order valence-electron chi connectivity index (χ2n) is 9.48. The lowest BCUT2D eigenvalue weighted by molar-refractivity contribution is -0.156. The highest BCUT2D eigenvalue weighted by Gasteiger charge is 2.58. The maximum absolute atomic E-state index is 13.7. The molecular formula is C24H40N2O5. The van der Waals surface area contributed by atoms with Crippen LogP contribution in [0.4, 0.5) is 0 Å². The molecule has 2 N–H and O–H groups in total. The van der Waals surface area contributed by atoms with E-state index in [1.807, 2.05) is 39.8 Å².